The third-order valence-corrected chi connectivity index (χ3v) is 4.64. The molecule has 31 heavy (non-hydrogen) atoms. The van der Waals surface area contributed by atoms with Gasteiger partial charge in [-0.15, -0.1) is 10.2 Å². The van der Waals surface area contributed by atoms with Crippen molar-refractivity contribution < 1.29 is 31.1 Å². The molecule has 0 aliphatic carbocycles. The SMILES string of the molecule is Cn1c(-c2ccccc2C(F)(F)F)nnc1C(C)(C)Oc1ncc(C(F)(F)F)cc1Cl. The first-order chi connectivity index (χ1) is 14.2. The summed E-state index contributed by atoms with van der Waals surface area (Å²) in [4.78, 5) is 3.62. The van der Waals surface area contributed by atoms with Crippen molar-refractivity contribution in [2.24, 2.45) is 7.05 Å². The fourth-order valence-electron chi connectivity index (χ4n) is 2.96. The molecule has 2 aromatic heterocycles. The summed E-state index contributed by atoms with van der Waals surface area (Å²) in [5.41, 5.74) is -3.46. The van der Waals surface area contributed by atoms with Gasteiger partial charge in [-0.3, -0.25) is 0 Å². The lowest BCUT2D eigenvalue weighted by Crippen LogP contribution is -2.30. The lowest BCUT2D eigenvalue weighted by atomic mass is 10.1. The molecule has 0 bridgehead atoms. The number of hydrogen-bond donors (Lipinski definition) is 0. The molecule has 0 aliphatic heterocycles. The summed E-state index contributed by atoms with van der Waals surface area (Å²) >= 11 is 5.89. The molecule has 1 aromatic carbocycles. The normalized spacial score (nSPS) is 12.8. The van der Waals surface area contributed by atoms with Crippen LogP contribution in [0.1, 0.15) is 30.8 Å². The van der Waals surface area contributed by atoms with Gasteiger partial charge in [-0.1, -0.05) is 29.8 Å². The summed E-state index contributed by atoms with van der Waals surface area (Å²) in [6.07, 6.45) is -8.67. The van der Waals surface area contributed by atoms with E-state index in [0.717, 1.165) is 6.07 Å². The van der Waals surface area contributed by atoms with Crippen LogP contribution in [0.4, 0.5) is 26.3 Å². The molecule has 3 rings (SSSR count). The van der Waals surface area contributed by atoms with E-state index in [-0.39, 0.29) is 28.1 Å². The van der Waals surface area contributed by atoms with E-state index in [1.165, 1.54) is 43.7 Å². The van der Waals surface area contributed by atoms with Gasteiger partial charge >= 0.3 is 12.4 Å². The molecule has 5 nitrogen and oxygen atoms in total. The predicted octanol–water partition coefficient (Wildman–Crippen LogP) is 5.88. The quantitative estimate of drug-likeness (QED) is 0.452. The summed E-state index contributed by atoms with van der Waals surface area (Å²) in [6.45, 7) is 3.01. The predicted molar refractivity (Wildman–Crippen MR) is 99.3 cm³/mol. The van der Waals surface area contributed by atoms with Gasteiger partial charge in [0.15, 0.2) is 17.2 Å². The topological polar surface area (TPSA) is 52.8 Å². The van der Waals surface area contributed by atoms with Crippen LogP contribution in [0.2, 0.25) is 5.02 Å². The van der Waals surface area contributed by atoms with E-state index >= 15 is 0 Å². The monoisotopic (exact) mass is 464 g/mol. The lowest BCUT2D eigenvalue weighted by molar-refractivity contribution is -0.138. The van der Waals surface area contributed by atoms with E-state index in [0.29, 0.717) is 12.3 Å². The molecule has 0 saturated carbocycles. The second-order valence-corrected chi connectivity index (χ2v) is 7.48. The van der Waals surface area contributed by atoms with Crippen LogP contribution in [-0.4, -0.2) is 19.7 Å². The molecular weight excluding hydrogens is 450 g/mol. The first-order valence-electron chi connectivity index (χ1n) is 8.70. The number of benzene rings is 1. The van der Waals surface area contributed by atoms with Crippen LogP contribution >= 0.6 is 11.6 Å². The van der Waals surface area contributed by atoms with Gasteiger partial charge in [-0.25, -0.2) is 4.98 Å². The molecule has 12 heteroatoms. The van der Waals surface area contributed by atoms with E-state index in [2.05, 4.69) is 15.2 Å². The Hall–Kier alpha value is -2.82. The van der Waals surface area contributed by atoms with Gasteiger partial charge in [0.2, 0.25) is 5.88 Å². The molecule has 3 aromatic rings. The van der Waals surface area contributed by atoms with Gasteiger partial charge in [-0.05, 0) is 26.0 Å². The number of nitrogens with zero attached hydrogens (tertiary/aromatic N) is 4. The van der Waals surface area contributed by atoms with E-state index in [1.807, 2.05) is 0 Å². The third-order valence-electron chi connectivity index (χ3n) is 4.37. The summed E-state index contributed by atoms with van der Waals surface area (Å²) in [7, 11) is 1.45. The smallest absolute Gasteiger partial charge is 0.417 e. The van der Waals surface area contributed by atoms with Crippen molar-refractivity contribution in [2.45, 2.75) is 31.8 Å². The minimum Gasteiger partial charge on any atom is -0.462 e. The molecule has 0 fully saturated rings. The van der Waals surface area contributed by atoms with Crippen molar-refractivity contribution in [3.8, 4) is 17.3 Å². The van der Waals surface area contributed by atoms with Crippen LogP contribution in [0.25, 0.3) is 11.4 Å². The van der Waals surface area contributed by atoms with Crippen LogP contribution in [-0.2, 0) is 25.0 Å². The second kappa shape index (κ2) is 7.70. The Morgan fingerprint density at radius 1 is 0.968 bits per heavy atom. The summed E-state index contributed by atoms with van der Waals surface area (Å²) in [5, 5.41) is 7.43. The van der Waals surface area contributed by atoms with E-state index < -0.39 is 29.1 Å². The van der Waals surface area contributed by atoms with Crippen molar-refractivity contribution in [1.82, 2.24) is 19.7 Å². The molecule has 0 unspecified atom stereocenters. The van der Waals surface area contributed by atoms with Gasteiger partial charge in [-0.2, -0.15) is 26.3 Å². The third kappa shape index (κ3) is 4.60. The number of aromatic nitrogens is 4. The lowest BCUT2D eigenvalue weighted by Gasteiger charge is -2.25. The van der Waals surface area contributed by atoms with Crippen LogP contribution in [0.5, 0.6) is 5.88 Å². The first kappa shape index (κ1) is 22.9. The zero-order valence-electron chi connectivity index (χ0n) is 16.3. The van der Waals surface area contributed by atoms with Gasteiger partial charge in [0.05, 0.1) is 11.1 Å². The maximum Gasteiger partial charge on any atom is 0.417 e. The number of pyridine rings is 1. The van der Waals surface area contributed by atoms with Crippen LogP contribution in [0, 0.1) is 0 Å². The molecule has 166 valence electrons. The molecule has 0 amide bonds. The maximum absolute atomic E-state index is 13.4. The number of ether oxygens (including phenoxy) is 1. The molecule has 0 radical (unpaired) electrons. The Labute approximate surface area is 177 Å². The van der Waals surface area contributed by atoms with Crippen LogP contribution in [0.3, 0.4) is 0 Å². The fourth-order valence-corrected chi connectivity index (χ4v) is 3.16. The zero-order chi connectivity index (χ0) is 23.2. The highest BCUT2D eigenvalue weighted by atomic mass is 35.5. The van der Waals surface area contributed by atoms with Gasteiger partial charge in [0, 0.05) is 18.8 Å². The Balaban J connectivity index is 1.98. The van der Waals surface area contributed by atoms with Crippen molar-refractivity contribution in [2.75, 3.05) is 0 Å². The first-order valence-corrected chi connectivity index (χ1v) is 9.08. The molecule has 0 spiro atoms. The van der Waals surface area contributed by atoms with Crippen molar-refractivity contribution in [3.63, 3.8) is 0 Å². The number of rotatable bonds is 4. The Morgan fingerprint density at radius 2 is 1.61 bits per heavy atom. The fraction of sp³-hybridized carbons (Fsp3) is 0.316. The molecule has 0 N–H and O–H groups in total. The standard InChI is InChI=1S/C19H15ClF6N4O/c1-17(2,31-15-13(20)8-10(9-27-15)18(21,22)23)16-29-28-14(30(16)3)11-6-4-5-7-12(11)19(24,25)26/h4-9H,1-3H3. The van der Waals surface area contributed by atoms with Crippen LogP contribution in [0.15, 0.2) is 36.5 Å². The molecule has 0 atom stereocenters. The number of alkyl halides is 6. The average molecular weight is 465 g/mol. The molecular formula is C19H15ClF6N4O. The molecule has 0 aliphatic rings. The minimum absolute atomic E-state index is 0.0638. The van der Waals surface area contributed by atoms with E-state index in [4.69, 9.17) is 16.3 Å². The van der Waals surface area contributed by atoms with Gasteiger partial charge in [0.25, 0.3) is 0 Å². The largest absolute Gasteiger partial charge is 0.462 e. The molecule has 0 saturated heterocycles. The zero-order valence-corrected chi connectivity index (χ0v) is 17.1. The Kier molecular flexibility index (Phi) is 5.68. The highest BCUT2D eigenvalue weighted by Crippen LogP contribution is 2.38. The maximum atomic E-state index is 13.4. The second-order valence-electron chi connectivity index (χ2n) is 7.07. The average Bonchev–Trinajstić information content (AvgIpc) is 3.04. The number of halogens is 7. The highest BCUT2D eigenvalue weighted by Gasteiger charge is 2.37. The van der Waals surface area contributed by atoms with Gasteiger partial charge in [0.1, 0.15) is 5.02 Å². The summed E-state index contributed by atoms with van der Waals surface area (Å²) in [6, 6.07) is 5.55. The highest BCUT2D eigenvalue weighted by molar-refractivity contribution is 6.31. The minimum atomic E-state index is -4.63. The van der Waals surface area contributed by atoms with Gasteiger partial charge < -0.3 is 9.30 Å². The van der Waals surface area contributed by atoms with Crippen molar-refractivity contribution >= 4 is 11.6 Å². The van der Waals surface area contributed by atoms with Crippen molar-refractivity contribution in [1.29, 1.82) is 0 Å². The van der Waals surface area contributed by atoms with E-state index in [9.17, 15) is 26.3 Å². The Morgan fingerprint density at radius 3 is 2.19 bits per heavy atom. The number of hydrogen-bond acceptors (Lipinski definition) is 4. The van der Waals surface area contributed by atoms with Crippen molar-refractivity contribution in [3.05, 3.63) is 58.5 Å². The molecule has 2 heterocycles. The van der Waals surface area contributed by atoms with Crippen LogP contribution < -0.4 is 4.74 Å². The van der Waals surface area contributed by atoms with E-state index in [1.54, 1.807) is 0 Å². The summed E-state index contributed by atoms with van der Waals surface area (Å²) in [5.74, 6) is -0.247. The summed E-state index contributed by atoms with van der Waals surface area (Å²) < 4.78 is 85.5. The Bertz CT molecular complexity index is 1110.